The van der Waals surface area contributed by atoms with Crippen LogP contribution in [0.15, 0.2) is 49.1 Å². The lowest BCUT2D eigenvalue weighted by molar-refractivity contribution is 0.0758. The summed E-state index contributed by atoms with van der Waals surface area (Å²) in [5.41, 5.74) is 2.85. The minimum Gasteiger partial charge on any atom is -0.294 e. The van der Waals surface area contributed by atoms with Crippen LogP contribution < -0.4 is 0 Å². The Labute approximate surface area is 109 Å². The Morgan fingerprint density at radius 1 is 1.44 bits per heavy atom. The van der Waals surface area contributed by atoms with E-state index in [2.05, 4.69) is 19.2 Å². The Morgan fingerprint density at radius 3 is 2.83 bits per heavy atom. The van der Waals surface area contributed by atoms with Crippen molar-refractivity contribution in [3.63, 3.8) is 0 Å². The SMILES string of the molecule is C=CCC1(CC(=C)C)CCc2ccccc2C1=O. The van der Waals surface area contributed by atoms with Gasteiger partial charge in [-0.2, -0.15) is 0 Å². The lowest BCUT2D eigenvalue weighted by Crippen LogP contribution is -2.36. The summed E-state index contributed by atoms with van der Waals surface area (Å²) >= 11 is 0. The van der Waals surface area contributed by atoms with E-state index in [1.54, 1.807) is 0 Å². The predicted octanol–water partition coefficient (Wildman–Crippen LogP) is 4.34. The summed E-state index contributed by atoms with van der Waals surface area (Å²) in [5, 5.41) is 0. The molecule has 94 valence electrons. The molecule has 0 N–H and O–H groups in total. The van der Waals surface area contributed by atoms with E-state index >= 15 is 0 Å². The first-order valence-electron chi connectivity index (χ1n) is 6.47. The molecule has 1 aliphatic carbocycles. The highest BCUT2D eigenvalue weighted by Gasteiger charge is 2.40. The van der Waals surface area contributed by atoms with E-state index < -0.39 is 0 Å². The molecule has 1 aliphatic rings. The summed E-state index contributed by atoms with van der Waals surface area (Å²) in [5.74, 6) is 0.271. The highest BCUT2D eigenvalue weighted by atomic mass is 16.1. The van der Waals surface area contributed by atoms with Gasteiger partial charge < -0.3 is 0 Å². The van der Waals surface area contributed by atoms with Gasteiger partial charge in [0.2, 0.25) is 0 Å². The minimum absolute atomic E-state index is 0.271. The van der Waals surface area contributed by atoms with Gasteiger partial charge in [-0.3, -0.25) is 4.79 Å². The van der Waals surface area contributed by atoms with Crippen molar-refractivity contribution >= 4 is 5.78 Å². The van der Waals surface area contributed by atoms with Gasteiger partial charge in [-0.25, -0.2) is 0 Å². The molecule has 1 heteroatoms. The number of hydrogen-bond acceptors (Lipinski definition) is 1. The number of aryl methyl sites for hydroxylation is 1. The normalized spacial score (nSPS) is 22.4. The van der Waals surface area contributed by atoms with Gasteiger partial charge in [0.15, 0.2) is 5.78 Å². The molecule has 0 bridgehead atoms. The van der Waals surface area contributed by atoms with Crippen molar-refractivity contribution < 1.29 is 4.79 Å². The van der Waals surface area contributed by atoms with Crippen LogP contribution in [0.4, 0.5) is 0 Å². The van der Waals surface area contributed by atoms with E-state index in [1.165, 1.54) is 5.56 Å². The van der Waals surface area contributed by atoms with Gasteiger partial charge in [0.25, 0.3) is 0 Å². The first-order chi connectivity index (χ1) is 8.59. The Kier molecular flexibility index (Phi) is 3.51. The average Bonchev–Trinajstić information content (AvgIpc) is 2.34. The van der Waals surface area contributed by atoms with E-state index in [0.29, 0.717) is 0 Å². The third-order valence-electron chi connectivity index (χ3n) is 3.79. The largest absolute Gasteiger partial charge is 0.294 e. The van der Waals surface area contributed by atoms with E-state index in [-0.39, 0.29) is 11.2 Å². The van der Waals surface area contributed by atoms with Crippen LogP contribution in [-0.2, 0) is 6.42 Å². The molecule has 0 amide bonds. The first kappa shape index (κ1) is 12.8. The quantitative estimate of drug-likeness (QED) is 0.715. The van der Waals surface area contributed by atoms with Crippen LogP contribution >= 0.6 is 0 Å². The molecule has 0 fully saturated rings. The van der Waals surface area contributed by atoms with Crippen molar-refractivity contribution in [1.29, 1.82) is 0 Å². The third-order valence-corrected chi connectivity index (χ3v) is 3.79. The number of allylic oxidation sites excluding steroid dienone is 2. The van der Waals surface area contributed by atoms with Gasteiger partial charge in [-0.1, -0.05) is 35.9 Å². The third kappa shape index (κ3) is 2.17. The van der Waals surface area contributed by atoms with E-state index in [4.69, 9.17) is 0 Å². The maximum absolute atomic E-state index is 12.8. The van der Waals surface area contributed by atoms with Crippen molar-refractivity contribution in [2.45, 2.75) is 32.6 Å². The second kappa shape index (κ2) is 4.93. The number of fused-ring (bicyclic) bond motifs is 1. The van der Waals surface area contributed by atoms with Crippen molar-refractivity contribution in [2.75, 3.05) is 0 Å². The second-order valence-corrected chi connectivity index (χ2v) is 5.39. The molecule has 1 unspecified atom stereocenters. The maximum atomic E-state index is 12.8. The number of benzene rings is 1. The van der Waals surface area contributed by atoms with Crippen LogP contribution in [0.5, 0.6) is 0 Å². The molecule has 1 aromatic rings. The van der Waals surface area contributed by atoms with Gasteiger partial charge in [0.1, 0.15) is 0 Å². The van der Waals surface area contributed by atoms with Crippen LogP contribution in [0.2, 0.25) is 0 Å². The van der Waals surface area contributed by atoms with Crippen molar-refractivity contribution in [3.8, 4) is 0 Å². The Bertz CT molecular complexity index is 498. The number of carbonyl (C=O) groups is 1. The smallest absolute Gasteiger partial charge is 0.169 e. The molecule has 0 radical (unpaired) electrons. The molecule has 2 rings (SSSR count). The van der Waals surface area contributed by atoms with Crippen molar-refractivity contribution in [3.05, 3.63) is 60.2 Å². The number of ketones is 1. The summed E-state index contributed by atoms with van der Waals surface area (Å²) in [7, 11) is 0. The number of carbonyl (C=O) groups excluding carboxylic acids is 1. The highest BCUT2D eigenvalue weighted by Crippen LogP contribution is 2.42. The van der Waals surface area contributed by atoms with Gasteiger partial charge in [-0.05, 0) is 38.2 Å². The summed E-state index contributed by atoms with van der Waals surface area (Å²) < 4.78 is 0. The predicted molar refractivity (Wildman–Crippen MR) is 75.8 cm³/mol. The molecular weight excluding hydrogens is 220 g/mol. The zero-order valence-corrected chi connectivity index (χ0v) is 11.0. The summed E-state index contributed by atoms with van der Waals surface area (Å²) in [6, 6.07) is 7.96. The van der Waals surface area contributed by atoms with Gasteiger partial charge >= 0.3 is 0 Å². The Balaban J connectivity index is 2.42. The lowest BCUT2D eigenvalue weighted by Gasteiger charge is -2.36. The molecule has 1 nitrogen and oxygen atoms in total. The molecule has 18 heavy (non-hydrogen) atoms. The van der Waals surface area contributed by atoms with Crippen LogP contribution in [0.25, 0.3) is 0 Å². The molecule has 0 spiro atoms. The molecule has 1 atom stereocenters. The fourth-order valence-electron chi connectivity index (χ4n) is 3.02. The second-order valence-electron chi connectivity index (χ2n) is 5.39. The molecule has 0 saturated carbocycles. The summed E-state index contributed by atoms with van der Waals surface area (Å²) in [4.78, 5) is 12.8. The van der Waals surface area contributed by atoms with Gasteiger partial charge in [0.05, 0.1) is 0 Å². The maximum Gasteiger partial charge on any atom is 0.169 e. The molecule has 0 aliphatic heterocycles. The van der Waals surface area contributed by atoms with Crippen LogP contribution in [0.3, 0.4) is 0 Å². The van der Waals surface area contributed by atoms with Gasteiger partial charge in [0, 0.05) is 11.0 Å². The molecule has 0 saturated heterocycles. The first-order valence-corrected chi connectivity index (χ1v) is 6.47. The zero-order chi connectivity index (χ0) is 13.2. The van der Waals surface area contributed by atoms with E-state index in [1.807, 2.05) is 31.2 Å². The molecule has 1 aromatic carbocycles. The molecule has 0 heterocycles. The fraction of sp³-hybridized carbons (Fsp3) is 0.353. The lowest BCUT2D eigenvalue weighted by atomic mass is 9.66. The molecular formula is C17H20O. The Hall–Kier alpha value is -1.63. The fourth-order valence-corrected chi connectivity index (χ4v) is 3.02. The topological polar surface area (TPSA) is 17.1 Å². The van der Waals surface area contributed by atoms with E-state index in [9.17, 15) is 4.79 Å². The van der Waals surface area contributed by atoms with Crippen LogP contribution in [0.1, 0.15) is 42.1 Å². The standard InChI is InChI=1S/C17H20O/c1-4-10-17(12-13(2)3)11-9-14-7-5-6-8-15(14)16(17)18/h4-8H,1-2,9-12H2,3H3. The minimum atomic E-state index is -0.304. The van der Waals surface area contributed by atoms with Crippen molar-refractivity contribution in [1.82, 2.24) is 0 Å². The van der Waals surface area contributed by atoms with Crippen LogP contribution in [-0.4, -0.2) is 5.78 Å². The monoisotopic (exact) mass is 240 g/mol. The van der Waals surface area contributed by atoms with Crippen molar-refractivity contribution in [2.24, 2.45) is 5.41 Å². The van der Waals surface area contributed by atoms with E-state index in [0.717, 1.165) is 36.8 Å². The Morgan fingerprint density at radius 2 is 2.17 bits per heavy atom. The van der Waals surface area contributed by atoms with Crippen LogP contribution in [0, 0.1) is 5.41 Å². The number of hydrogen-bond donors (Lipinski definition) is 0. The average molecular weight is 240 g/mol. The zero-order valence-electron chi connectivity index (χ0n) is 11.0. The highest BCUT2D eigenvalue weighted by molar-refractivity contribution is 6.03. The molecule has 0 aromatic heterocycles. The number of rotatable bonds is 4. The summed E-state index contributed by atoms with van der Waals surface area (Å²) in [6.45, 7) is 9.79. The summed E-state index contributed by atoms with van der Waals surface area (Å²) in [6.07, 6.45) is 5.26. The van der Waals surface area contributed by atoms with Gasteiger partial charge in [-0.15, -0.1) is 13.2 Å². The number of Topliss-reactive ketones (excluding diaryl/α,β-unsaturated/α-hetero) is 1.